The van der Waals surface area contributed by atoms with Gasteiger partial charge in [-0.3, -0.25) is 0 Å². The molecule has 0 amide bonds. The lowest BCUT2D eigenvalue weighted by Crippen LogP contribution is -3.61. The molecule has 5 rings (SSSR count). The Morgan fingerprint density at radius 1 is 0.471 bits per heavy atom. The Morgan fingerprint density at radius 3 is 1.18 bits per heavy atom. The summed E-state index contributed by atoms with van der Waals surface area (Å²) < 4.78 is 6.13. The van der Waals surface area contributed by atoms with Crippen molar-refractivity contribution in [1.82, 2.24) is 0 Å². The van der Waals surface area contributed by atoms with Crippen LogP contribution in [0, 0.1) is 14.3 Å². The van der Waals surface area contributed by atoms with Gasteiger partial charge >= 0.3 is 42.4 Å². The quantitative estimate of drug-likeness (QED) is 0.253. The molecule has 34 heavy (non-hydrogen) atoms. The smallest absolute Gasteiger partial charge is 0.0613 e. The maximum atomic E-state index is 2.31. The third-order valence-corrected chi connectivity index (χ3v) is 11.6. The van der Waals surface area contributed by atoms with Crippen LogP contribution in [0.25, 0.3) is 11.1 Å². The second-order valence-corrected chi connectivity index (χ2v) is 16.6. The Morgan fingerprint density at radius 2 is 0.824 bits per heavy atom. The van der Waals surface area contributed by atoms with Crippen LogP contribution in [-0.4, -0.2) is 0 Å². The molecule has 2 heteroatoms. The Labute approximate surface area is 226 Å². The van der Waals surface area contributed by atoms with E-state index in [4.69, 9.17) is 0 Å². The largest absolute Gasteiger partial charge is 0.359 e. The highest BCUT2D eigenvalue weighted by molar-refractivity contribution is 5.64. The van der Waals surface area contributed by atoms with E-state index in [0.717, 1.165) is 0 Å². The summed E-state index contributed by atoms with van der Waals surface area (Å²) in [6, 6.07) is 36.0. The molecule has 174 valence electrons. The lowest BCUT2D eigenvalue weighted by atomic mass is 9.87. The average molecular weight is 672 g/mol. The van der Waals surface area contributed by atoms with Gasteiger partial charge in [0.15, 0.2) is 7.14 Å². The molecule has 0 N–H and O–H groups in total. The van der Waals surface area contributed by atoms with Crippen LogP contribution in [0.15, 0.2) is 97.1 Å². The SMILES string of the molecule is CC(C)(C)c1ccc([I+]c2ccc(C(C)(C)C)cc2)cc1.c1ccc2c(c1)[I+]c1ccccc1-2. The van der Waals surface area contributed by atoms with Crippen molar-refractivity contribution in [2.45, 2.75) is 52.4 Å². The highest BCUT2D eigenvalue weighted by Gasteiger charge is 2.31. The van der Waals surface area contributed by atoms with Crippen molar-refractivity contribution in [1.29, 1.82) is 0 Å². The molecule has 1 aliphatic heterocycles. The zero-order chi connectivity index (χ0) is 24.3. The fraction of sp³-hybridized carbons (Fsp3) is 0.250. The monoisotopic (exact) mass is 672 g/mol. The van der Waals surface area contributed by atoms with Crippen LogP contribution in [0.3, 0.4) is 0 Å². The van der Waals surface area contributed by atoms with Gasteiger partial charge in [-0.15, -0.1) is 0 Å². The first-order valence-corrected chi connectivity index (χ1v) is 16.1. The Balaban J connectivity index is 0.000000178. The third-order valence-electron chi connectivity index (χ3n) is 5.88. The van der Waals surface area contributed by atoms with Crippen LogP contribution >= 0.6 is 0 Å². The molecule has 0 aliphatic carbocycles. The summed E-state index contributed by atoms with van der Waals surface area (Å²) in [5.41, 5.74) is 6.24. The minimum absolute atomic E-state index is 0.0703. The molecule has 1 aliphatic rings. The van der Waals surface area contributed by atoms with E-state index in [1.165, 1.54) is 29.4 Å². The van der Waals surface area contributed by atoms with Gasteiger partial charge in [0.2, 0.25) is 7.14 Å². The van der Waals surface area contributed by atoms with Crippen LogP contribution in [0.5, 0.6) is 0 Å². The summed E-state index contributed by atoms with van der Waals surface area (Å²) in [4.78, 5) is 0. The van der Waals surface area contributed by atoms with Crippen LogP contribution in [0.2, 0.25) is 0 Å². The molecule has 0 saturated carbocycles. The number of hydrogen-bond acceptors (Lipinski definition) is 0. The zero-order valence-electron chi connectivity index (χ0n) is 21.0. The van der Waals surface area contributed by atoms with E-state index >= 15 is 0 Å². The molecule has 4 aromatic carbocycles. The van der Waals surface area contributed by atoms with E-state index in [-0.39, 0.29) is 53.2 Å². The molecule has 1 heterocycles. The van der Waals surface area contributed by atoms with Gasteiger partial charge in [0.25, 0.3) is 0 Å². The lowest BCUT2D eigenvalue weighted by molar-refractivity contribution is -0.597. The highest BCUT2D eigenvalue weighted by Crippen LogP contribution is 2.22. The summed E-state index contributed by atoms with van der Waals surface area (Å²) in [6.45, 7) is 13.6. The maximum Gasteiger partial charge on any atom is 0.359 e. The molecule has 0 spiro atoms. The van der Waals surface area contributed by atoms with Crippen LogP contribution in [-0.2, 0) is 10.8 Å². The maximum absolute atomic E-state index is 2.31. The second kappa shape index (κ2) is 10.5. The van der Waals surface area contributed by atoms with Gasteiger partial charge in [0, 0.05) is 11.1 Å². The van der Waals surface area contributed by atoms with Crippen LogP contribution < -0.4 is 42.4 Å². The predicted molar refractivity (Wildman–Crippen MR) is 137 cm³/mol. The Hall–Kier alpha value is -1.66. The first-order valence-electron chi connectivity index (χ1n) is 11.8. The third kappa shape index (κ3) is 6.31. The molecule has 0 saturated heterocycles. The molecule has 0 nitrogen and oxygen atoms in total. The molecule has 0 radical (unpaired) electrons. The molecule has 4 aromatic rings. The number of hydrogen-bond donors (Lipinski definition) is 0. The summed E-state index contributed by atoms with van der Waals surface area (Å²) in [5, 5.41) is 0. The predicted octanol–water partition coefficient (Wildman–Crippen LogP) is 2.21. The summed E-state index contributed by atoms with van der Waals surface area (Å²) in [5.74, 6) is 0. The Kier molecular flexibility index (Phi) is 7.88. The molecule has 0 fully saturated rings. The number of rotatable bonds is 2. The van der Waals surface area contributed by atoms with Crippen molar-refractivity contribution in [2.24, 2.45) is 0 Å². The molecule has 0 aromatic heterocycles. The van der Waals surface area contributed by atoms with Gasteiger partial charge in [-0.25, -0.2) is 0 Å². The first-order chi connectivity index (χ1) is 16.1. The lowest BCUT2D eigenvalue weighted by Gasteiger charge is -2.18. The van der Waals surface area contributed by atoms with Crippen molar-refractivity contribution in [3.05, 3.63) is 122 Å². The van der Waals surface area contributed by atoms with E-state index in [1.54, 1.807) is 7.14 Å². The van der Waals surface area contributed by atoms with E-state index in [0.29, 0.717) is 0 Å². The van der Waals surface area contributed by atoms with Gasteiger partial charge < -0.3 is 0 Å². The zero-order valence-corrected chi connectivity index (χ0v) is 25.3. The van der Waals surface area contributed by atoms with E-state index in [9.17, 15) is 0 Å². The van der Waals surface area contributed by atoms with Crippen molar-refractivity contribution < 1.29 is 42.4 Å². The summed E-state index contributed by atoms with van der Waals surface area (Å²) >= 11 is 0.0325. The molecule has 0 unspecified atom stereocenters. The summed E-state index contributed by atoms with van der Waals surface area (Å²) in [7, 11) is 0. The fourth-order valence-corrected chi connectivity index (χ4v) is 8.87. The molecule has 0 atom stereocenters. The van der Waals surface area contributed by atoms with Gasteiger partial charge in [-0.2, -0.15) is 0 Å². The molecular formula is C32H34I2+2. The number of fused-ring (bicyclic) bond motifs is 3. The van der Waals surface area contributed by atoms with Gasteiger partial charge in [0.1, 0.15) is 0 Å². The topological polar surface area (TPSA) is 0 Å². The number of benzene rings is 4. The van der Waals surface area contributed by atoms with E-state index in [2.05, 4.69) is 139 Å². The second-order valence-electron chi connectivity index (χ2n) is 10.7. The van der Waals surface area contributed by atoms with Gasteiger partial charge in [-0.05, 0) is 70.5 Å². The molecule has 0 bridgehead atoms. The van der Waals surface area contributed by atoms with Crippen molar-refractivity contribution in [2.75, 3.05) is 0 Å². The van der Waals surface area contributed by atoms with E-state index in [1.807, 2.05) is 0 Å². The van der Waals surface area contributed by atoms with Crippen LogP contribution in [0.4, 0.5) is 0 Å². The van der Waals surface area contributed by atoms with Crippen molar-refractivity contribution >= 4 is 0 Å². The standard InChI is InChI=1S/C20H26I.C12H8I/c1-19(2,3)15-7-11-17(12-8-15)21-18-13-9-16(10-14-18)20(4,5)6;1-3-7-11-9(5-1)10-6-2-4-8-12(10)13-11/h7-14H,1-6H3;1-8H/q2*+1. The molecular weight excluding hydrogens is 638 g/mol. The highest BCUT2D eigenvalue weighted by atomic mass is 127. The minimum atomic E-state index is -0.0703. The van der Waals surface area contributed by atoms with Gasteiger partial charge in [0.05, 0.1) is 0 Å². The summed E-state index contributed by atoms with van der Waals surface area (Å²) in [6.07, 6.45) is 0. The van der Waals surface area contributed by atoms with E-state index < -0.39 is 0 Å². The fourth-order valence-electron chi connectivity index (χ4n) is 3.79. The Bertz CT molecular complexity index is 1140. The van der Waals surface area contributed by atoms with Crippen LogP contribution in [0.1, 0.15) is 52.7 Å². The van der Waals surface area contributed by atoms with Crippen molar-refractivity contribution in [3.8, 4) is 11.1 Å². The number of halogens is 2. The average Bonchev–Trinajstić information content (AvgIpc) is 3.18. The normalized spacial score (nSPS) is 12.4. The first kappa shape index (κ1) is 25.4. The minimum Gasteiger partial charge on any atom is -0.0613 e. The van der Waals surface area contributed by atoms with Gasteiger partial charge in [-0.1, -0.05) is 90.1 Å². The van der Waals surface area contributed by atoms with Crippen molar-refractivity contribution in [3.63, 3.8) is 0 Å².